The number of nitrogens with one attached hydrogen (secondary N) is 1. The van der Waals surface area contributed by atoms with E-state index in [1.807, 2.05) is 30.3 Å². The number of nitrogens with zero attached hydrogens (tertiary/aromatic N) is 4. The normalized spacial score (nSPS) is 16.4. The predicted molar refractivity (Wildman–Crippen MR) is 99.7 cm³/mol. The van der Waals surface area contributed by atoms with Crippen LogP contribution in [-0.4, -0.2) is 66.1 Å². The van der Waals surface area contributed by atoms with Gasteiger partial charge in [0.1, 0.15) is 5.82 Å². The first kappa shape index (κ1) is 16.1. The molecule has 0 aliphatic carbocycles. The molecule has 0 radical (unpaired) electrons. The molecule has 4 rings (SSSR count). The van der Waals surface area contributed by atoms with Crippen molar-refractivity contribution in [2.75, 3.05) is 51.6 Å². The van der Waals surface area contributed by atoms with Crippen LogP contribution in [-0.2, 0) is 0 Å². The molecule has 1 saturated heterocycles. The highest BCUT2D eigenvalue weighted by Crippen LogP contribution is 2.24. The molecule has 1 aliphatic heterocycles. The van der Waals surface area contributed by atoms with Gasteiger partial charge in [0.05, 0.1) is 11.8 Å². The van der Waals surface area contributed by atoms with Crippen LogP contribution in [0.1, 0.15) is 0 Å². The van der Waals surface area contributed by atoms with Crippen molar-refractivity contribution in [1.82, 2.24) is 19.8 Å². The molecule has 2 aromatic heterocycles. The van der Waals surface area contributed by atoms with Gasteiger partial charge in [-0.05, 0) is 31.3 Å². The summed E-state index contributed by atoms with van der Waals surface area (Å²) in [6, 6.07) is 11.8. The van der Waals surface area contributed by atoms with E-state index in [9.17, 15) is 0 Å². The topological polar surface area (TPSA) is 57.4 Å². The van der Waals surface area contributed by atoms with E-state index in [4.69, 9.17) is 9.40 Å². The Kier molecular flexibility index (Phi) is 4.63. The van der Waals surface area contributed by atoms with Crippen LogP contribution >= 0.6 is 0 Å². The van der Waals surface area contributed by atoms with Crippen molar-refractivity contribution < 1.29 is 4.42 Å². The summed E-state index contributed by atoms with van der Waals surface area (Å²) in [6.45, 7) is 6.41. The van der Waals surface area contributed by atoms with Gasteiger partial charge in [0.2, 0.25) is 0 Å². The van der Waals surface area contributed by atoms with Gasteiger partial charge in [-0.15, -0.1) is 0 Å². The SMILES string of the molecule is CN1CCN(CCNc2nc(-c3ccco3)nc3ccccc23)CC1. The minimum atomic E-state index is 0.616. The van der Waals surface area contributed by atoms with E-state index in [0.717, 1.165) is 56.0 Å². The molecule has 1 aliphatic rings. The van der Waals surface area contributed by atoms with Crippen LogP contribution in [0.25, 0.3) is 22.5 Å². The number of fused-ring (bicyclic) bond motifs is 1. The molecule has 6 nitrogen and oxygen atoms in total. The van der Waals surface area contributed by atoms with Gasteiger partial charge < -0.3 is 14.6 Å². The van der Waals surface area contributed by atoms with Gasteiger partial charge in [-0.2, -0.15) is 0 Å². The maximum absolute atomic E-state index is 5.47. The number of anilines is 1. The van der Waals surface area contributed by atoms with Gasteiger partial charge in [-0.3, -0.25) is 4.90 Å². The monoisotopic (exact) mass is 337 g/mol. The number of furan rings is 1. The van der Waals surface area contributed by atoms with E-state index in [0.29, 0.717) is 11.6 Å². The quantitative estimate of drug-likeness (QED) is 0.772. The van der Waals surface area contributed by atoms with Crippen LogP contribution in [0.15, 0.2) is 47.1 Å². The van der Waals surface area contributed by atoms with Crippen molar-refractivity contribution in [3.63, 3.8) is 0 Å². The Morgan fingerprint density at radius 3 is 2.68 bits per heavy atom. The molecule has 3 heterocycles. The zero-order chi connectivity index (χ0) is 17.1. The van der Waals surface area contributed by atoms with Crippen LogP contribution < -0.4 is 5.32 Å². The summed E-state index contributed by atoms with van der Waals surface area (Å²) in [5, 5.41) is 4.54. The summed E-state index contributed by atoms with van der Waals surface area (Å²) in [6.07, 6.45) is 1.65. The first-order valence-corrected chi connectivity index (χ1v) is 8.75. The highest BCUT2D eigenvalue weighted by molar-refractivity contribution is 5.90. The van der Waals surface area contributed by atoms with Crippen LogP contribution in [0.5, 0.6) is 0 Å². The molecule has 0 amide bonds. The molecule has 1 fully saturated rings. The third-order valence-corrected chi connectivity index (χ3v) is 4.66. The first-order chi connectivity index (χ1) is 12.3. The van der Waals surface area contributed by atoms with E-state index >= 15 is 0 Å². The summed E-state index contributed by atoms with van der Waals surface area (Å²) in [4.78, 5) is 14.2. The molecular weight excluding hydrogens is 314 g/mol. The van der Waals surface area contributed by atoms with Crippen molar-refractivity contribution >= 4 is 16.7 Å². The van der Waals surface area contributed by atoms with E-state index < -0.39 is 0 Å². The molecular formula is C19H23N5O. The average Bonchev–Trinajstić information content (AvgIpc) is 3.18. The molecule has 1 N–H and O–H groups in total. The number of hydrogen-bond acceptors (Lipinski definition) is 6. The number of aromatic nitrogens is 2. The maximum atomic E-state index is 5.47. The fourth-order valence-electron chi connectivity index (χ4n) is 3.13. The van der Waals surface area contributed by atoms with Crippen LogP contribution in [0.3, 0.4) is 0 Å². The number of benzene rings is 1. The summed E-state index contributed by atoms with van der Waals surface area (Å²) in [7, 11) is 2.18. The third kappa shape index (κ3) is 3.65. The summed E-state index contributed by atoms with van der Waals surface area (Å²) < 4.78 is 5.47. The number of piperazine rings is 1. The molecule has 1 aromatic carbocycles. The van der Waals surface area contributed by atoms with Gasteiger partial charge >= 0.3 is 0 Å². The molecule has 0 bridgehead atoms. The van der Waals surface area contributed by atoms with Gasteiger partial charge in [-0.25, -0.2) is 9.97 Å². The number of para-hydroxylation sites is 1. The molecule has 25 heavy (non-hydrogen) atoms. The van der Waals surface area contributed by atoms with Crippen molar-refractivity contribution in [2.45, 2.75) is 0 Å². The summed E-state index contributed by atoms with van der Waals surface area (Å²) in [5.74, 6) is 2.17. The fraction of sp³-hybridized carbons (Fsp3) is 0.368. The zero-order valence-electron chi connectivity index (χ0n) is 14.5. The Morgan fingerprint density at radius 1 is 1.04 bits per heavy atom. The lowest BCUT2D eigenvalue weighted by Gasteiger charge is -2.32. The standard InChI is InChI=1S/C19H23N5O/c1-23-10-12-24(13-11-23)9-8-20-18-15-5-2-3-6-16(15)21-19(22-18)17-7-4-14-25-17/h2-7,14H,8-13H2,1H3,(H,20,21,22). The second-order valence-corrected chi connectivity index (χ2v) is 6.46. The Labute approximate surface area is 147 Å². The summed E-state index contributed by atoms with van der Waals surface area (Å²) >= 11 is 0. The minimum Gasteiger partial charge on any atom is -0.461 e. The van der Waals surface area contributed by atoms with Crippen LogP contribution in [0, 0.1) is 0 Å². The molecule has 0 spiro atoms. The van der Waals surface area contributed by atoms with Gasteiger partial charge in [0.25, 0.3) is 0 Å². The number of rotatable bonds is 5. The van der Waals surface area contributed by atoms with Crippen molar-refractivity contribution in [3.8, 4) is 11.6 Å². The minimum absolute atomic E-state index is 0.616. The second kappa shape index (κ2) is 7.21. The predicted octanol–water partition coefficient (Wildman–Crippen LogP) is 2.55. The lowest BCUT2D eigenvalue weighted by molar-refractivity contribution is 0.158. The number of likely N-dealkylation sites (N-methyl/N-ethyl adjacent to an activating group) is 1. The Bertz CT molecular complexity index is 825. The van der Waals surface area contributed by atoms with E-state index in [1.165, 1.54) is 0 Å². The highest BCUT2D eigenvalue weighted by atomic mass is 16.3. The van der Waals surface area contributed by atoms with E-state index in [2.05, 4.69) is 33.2 Å². The second-order valence-electron chi connectivity index (χ2n) is 6.46. The molecule has 6 heteroatoms. The van der Waals surface area contributed by atoms with E-state index in [1.54, 1.807) is 6.26 Å². The molecule has 0 atom stereocenters. The van der Waals surface area contributed by atoms with Gasteiger partial charge in [0, 0.05) is 44.7 Å². The fourth-order valence-corrected chi connectivity index (χ4v) is 3.13. The van der Waals surface area contributed by atoms with Crippen LogP contribution in [0.4, 0.5) is 5.82 Å². The largest absolute Gasteiger partial charge is 0.461 e. The first-order valence-electron chi connectivity index (χ1n) is 8.75. The highest BCUT2D eigenvalue weighted by Gasteiger charge is 2.14. The maximum Gasteiger partial charge on any atom is 0.198 e. The zero-order valence-corrected chi connectivity index (χ0v) is 14.5. The lowest BCUT2D eigenvalue weighted by atomic mass is 10.2. The Balaban J connectivity index is 1.51. The average molecular weight is 337 g/mol. The Morgan fingerprint density at radius 2 is 1.88 bits per heavy atom. The smallest absolute Gasteiger partial charge is 0.198 e. The van der Waals surface area contributed by atoms with Crippen LogP contribution in [0.2, 0.25) is 0 Å². The molecule has 0 unspecified atom stereocenters. The molecule has 130 valence electrons. The molecule has 3 aromatic rings. The molecule has 0 saturated carbocycles. The van der Waals surface area contributed by atoms with Gasteiger partial charge in [0.15, 0.2) is 11.6 Å². The van der Waals surface area contributed by atoms with Crippen molar-refractivity contribution in [2.24, 2.45) is 0 Å². The third-order valence-electron chi connectivity index (χ3n) is 4.66. The van der Waals surface area contributed by atoms with Crippen molar-refractivity contribution in [1.29, 1.82) is 0 Å². The van der Waals surface area contributed by atoms with Crippen molar-refractivity contribution in [3.05, 3.63) is 42.7 Å². The van der Waals surface area contributed by atoms with E-state index in [-0.39, 0.29) is 0 Å². The summed E-state index contributed by atoms with van der Waals surface area (Å²) in [5.41, 5.74) is 0.922. The Hall–Kier alpha value is -2.44. The number of hydrogen-bond donors (Lipinski definition) is 1. The van der Waals surface area contributed by atoms with Gasteiger partial charge in [-0.1, -0.05) is 12.1 Å². The lowest BCUT2D eigenvalue weighted by Crippen LogP contribution is -2.45.